The third kappa shape index (κ3) is 5.38. The van der Waals surface area contributed by atoms with Gasteiger partial charge in [0, 0.05) is 43.9 Å². The number of carbonyl (C=O) groups is 3. The number of nitrogens with zero attached hydrogens (tertiary/aromatic N) is 3. The molecule has 2 aliphatic rings. The van der Waals surface area contributed by atoms with Gasteiger partial charge in [-0.1, -0.05) is 18.2 Å². The van der Waals surface area contributed by atoms with Crippen molar-refractivity contribution < 1.29 is 19.5 Å². The molecular formula is C26H32N4O4. The Morgan fingerprint density at radius 3 is 2.56 bits per heavy atom. The predicted molar refractivity (Wildman–Crippen MR) is 128 cm³/mol. The minimum Gasteiger partial charge on any atom is -0.465 e. The molecule has 0 spiro atoms. The van der Waals surface area contributed by atoms with Crippen molar-refractivity contribution >= 4 is 17.9 Å². The van der Waals surface area contributed by atoms with E-state index in [1.54, 1.807) is 6.07 Å². The number of benzene rings is 1. The van der Waals surface area contributed by atoms with Gasteiger partial charge in [-0.3, -0.25) is 14.6 Å². The van der Waals surface area contributed by atoms with Crippen LogP contribution in [0.5, 0.6) is 0 Å². The van der Waals surface area contributed by atoms with E-state index in [0.717, 1.165) is 49.9 Å². The lowest BCUT2D eigenvalue weighted by Crippen LogP contribution is -2.42. The zero-order valence-electron chi connectivity index (χ0n) is 19.4. The van der Waals surface area contributed by atoms with Gasteiger partial charge in [0.25, 0.3) is 11.8 Å². The molecule has 2 aromatic rings. The molecule has 180 valence electrons. The monoisotopic (exact) mass is 464 g/mol. The SMILES string of the molecule is NC(=O)c1ncccc1C1CN(C(=O)O)CCC1CCc1cccc(C(=O)N2CCCCC2)c1. The number of aromatic nitrogens is 1. The fourth-order valence-corrected chi connectivity index (χ4v) is 5.29. The van der Waals surface area contributed by atoms with Gasteiger partial charge >= 0.3 is 6.09 Å². The average Bonchev–Trinajstić information content (AvgIpc) is 2.87. The molecule has 0 saturated carbocycles. The van der Waals surface area contributed by atoms with Gasteiger partial charge in [0.1, 0.15) is 5.69 Å². The summed E-state index contributed by atoms with van der Waals surface area (Å²) < 4.78 is 0. The summed E-state index contributed by atoms with van der Waals surface area (Å²) in [4.78, 5) is 44.1. The first kappa shape index (κ1) is 23.7. The van der Waals surface area contributed by atoms with Crippen molar-refractivity contribution in [3.8, 4) is 0 Å². The lowest BCUT2D eigenvalue weighted by atomic mass is 9.77. The van der Waals surface area contributed by atoms with Gasteiger partial charge in [-0.25, -0.2) is 4.79 Å². The van der Waals surface area contributed by atoms with Crippen molar-refractivity contribution in [1.29, 1.82) is 0 Å². The first-order chi connectivity index (χ1) is 16.4. The Balaban J connectivity index is 1.50. The Hall–Kier alpha value is -3.42. The number of hydrogen-bond acceptors (Lipinski definition) is 4. The molecule has 2 fully saturated rings. The van der Waals surface area contributed by atoms with Crippen molar-refractivity contribution in [2.24, 2.45) is 11.7 Å². The summed E-state index contributed by atoms with van der Waals surface area (Å²) in [7, 11) is 0. The third-order valence-electron chi connectivity index (χ3n) is 7.12. The van der Waals surface area contributed by atoms with Crippen LogP contribution < -0.4 is 5.73 Å². The van der Waals surface area contributed by atoms with Gasteiger partial charge in [-0.2, -0.15) is 0 Å². The fraction of sp³-hybridized carbons (Fsp3) is 0.462. The molecule has 2 saturated heterocycles. The number of amides is 3. The lowest BCUT2D eigenvalue weighted by molar-refractivity contribution is 0.0724. The molecule has 8 nitrogen and oxygen atoms in total. The van der Waals surface area contributed by atoms with E-state index in [2.05, 4.69) is 4.98 Å². The highest BCUT2D eigenvalue weighted by Crippen LogP contribution is 2.36. The maximum Gasteiger partial charge on any atom is 0.407 e. The summed E-state index contributed by atoms with van der Waals surface area (Å²) in [5.74, 6) is -0.514. The van der Waals surface area contributed by atoms with Crippen LogP contribution in [0.3, 0.4) is 0 Å². The summed E-state index contributed by atoms with van der Waals surface area (Å²) in [5.41, 5.74) is 8.29. The molecular weight excluding hydrogens is 432 g/mol. The zero-order chi connectivity index (χ0) is 24.1. The molecule has 2 aliphatic heterocycles. The van der Waals surface area contributed by atoms with Crippen LogP contribution in [0.1, 0.15) is 70.0 Å². The minimum absolute atomic E-state index is 0.0932. The van der Waals surface area contributed by atoms with Crippen LogP contribution in [0.25, 0.3) is 0 Å². The predicted octanol–water partition coefficient (Wildman–Crippen LogP) is 3.52. The molecule has 0 radical (unpaired) electrons. The zero-order valence-corrected chi connectivity index (χ0v) is 19.4. The van der Waals surface area contributed by atoms with Crippen molar-refractivity contribution in [2.75, 3.05) is 26.2 Å². The number of piperidine rings is 2. The fourth-order valence-electron chi connectivity index (χ4n) is 5.29. The highest BCUT2D eigenvalue weighted by molar-refractivity contribution is 5.94. The van der Waals surface area contributed by atoms with Crippen molar-refractivity contribution in [1.82, 2.24) is 14.8 Å². The van der Waals surface area contributed by atoms with Crippen molar-refractivity contribution in [3.63, 3.8) is 0 Å². The second-order valence-electron chi connectivity index (χ2n) is 9.28. The Morgan fingerprint density at radius 2 is 1.82 bits per heavy atom. The average molecular weight is 465 g/mol. The summed E-state index contributed by atoms with van der Waals surface area (Å²) in [6.45, 7) is 2.40. The number of rotatable bonds is 6. The Labute approximate surface area is 199 Å². The molecule has 0 aliphatic carbocycles. The molecule has 8 heteroatoms. The van der Waals surface area contributed by atoms with Crippen LogP contribution in [0, 0.1) is 5.92 Å². The van der Waals surface area contributed by atoms with Crippen LogP contribution in [0.15, 0.2) is 42.6 Å². The number of nitrogens with two attached hydrogens (primary N) is 1. The molecule has 34 heavy (non-hydrogen) atoms. The molecule has 3 amide bonds. The number of carboxylic acid groups (broad SMARTS) is 1. The van der Waals surface area contributed by atoms with E-state index < -0.39 is 12.0 Å². The van der Waals surface area contributed by atoms with E-state index in [-0.39, 0.29) is 23.4 Å². The summed E-state index contributed by atoms with van der Waals surface area (Å²) >= 11 is 0. The van der Waals surface area contributed by atoms with Gasteiger partial charge < -0.3 is 20.6 Å². The van der Waals surface area contributed by atoms with Crippen LogP contribution in [-0.2, 0) is 6.42 Å². The van der Waals surface area contributed by atoms with Crippen molar-refractivity contribution in [3.05, 3.63) is 65.0 Å². The lowest BCUT2D eigenvalue weighted by Gasteiger charge is -2.38. The van der Waals surface area contributed by atoms with Gasteiger partial charge in [0.05, 0.1) is 0 Å². The Bertz CT molecular complexity index is 1050. The quantitative estimate of drug-likeness (QED) is 0.678. The third-order valence-corrected chi connectivity index (χ3v) is 7.12. The van der Waals surface area contributed by atoms with Crippen LogP contribution in [-0.4, -0.2) is 64.0 Å². The van der Waals surface area contributed by atoms with Crippen LogP contribution in [0.2, 0.25) is 0 Å². The molecule has 1 aromatic heterocycles. The van der Waals surface area contributed by atoms with Crippen LogP contribution in [0.4, 0.5) is 4.79 Å². The number of primary amides is 1. The molecule has 2 atom stereocenters. The van der Waals surface area contributed by atoms with E-state index >= 15 is 0 Å². The van der Waals surface area contributed by atoms with Gasteiger partial charge in [0.2, 0.25) is 0 Å². The second-order valence-corrected chi connectivity index (χ2v) is 9.28. The number of aryl methyl sites for hydroxylation is 1. The number of hydrogen-bond donors (Lipinski definition) is 2. The van der Waals surface area contributed by atoms with E-state index in [9.17, 15) is 19.5 Å². The van der Waals surface area contributed by atoms with Crippen LogP contribution >= 0.6 is 0 Å². The maximum atomic E-state index is 12.9. The molecule has 1 aromatic carbocycles. The molecule has 2 unspecified atom stereocenters. The minimum atomic E-state index is -0.961. The standard InChI is InChI=1S/C26H32N4O4/c27-24(31)23-21(8-5-12-28-23)22-17-30(26(33)34)15-11-19(22)10-9-18-6-4-7-20(16-18)25(32)29-13-2-1-3-14-29/h4-8,12,16,19,22H,1-3,9-11,13-15,17H2,(H2,27,31)(H,33,34). The summed E-state index contributed by atoms with van der Waals surface area (Å²) in [6, 6.07) is 11.4. The normalized spacial score (nSPS) is 20.7. The summed E-state index contributed by atoms with van der Waals surface area (Å²) in [6.07, 6.45) is 6.13. The molecule has 0 bridgehead atoms. The molecule has 3 N–H and O–H groups in total. The van der Waals surface area contributed by atoms with Gasteiger partial charge in [-0.15, -0.1) is 0 Å². The smallest absolute Gasteiger partial charge is 0.407 e. The van der Waals surface area contributed by atoms with E-state index in [1.165, 1.54) is 17.5 Å². The van der Waals surface area contributed by atoms with E-state index in [0.29, 0.717) is 25.1 Å². The Morgan fingerprint density at radius 1 is 1.03 bits per heavy atom. The molecule has 3 heterocycles. The number of carbonyl (C=O) groups excluding carboxylic acids is 2. The highest BCUT2D eigenvalue weighted by atomic mass is 16.4. The Kier molecular flexibility index (Phi) is 7.45. The highest BCUT2D eigenvalue weighted by Gasteiger charge is 2.34. The number of pyridine rings is 1. The number of likely N-dealkylation sites (tertiary alicyclic amines) is 2. The largest absolute Gasteiger partial charge is 0.465 e. The van der Waals surface area contributed by atoms with Crippen molar-refractivity contribution in [2.45, 2.75) is 44.4 Å². The molecule has 4 rings (SSSR count). The summed E-state index contributed by atoms with van der Waals surface area (Å²) in [5, 5.41) is 9.55. The van der Waals surface area contributed by atoms with E-state index in [1.807, 2.05) is 35.2 Å². The van der Waals surface area contributed by atoms with Gasteiger partial charge in [-0.05, 0) is 73.8 Å². The van der Waals surface area contributed by atoms with E-state index in [4.69, 9.17) is 5.73 Å². The topological polar surface area (TPSA) is 117 Å². The van der Waals surface area contributed by atoms with Gasteiger partial charge in [0.15, 0.2) is 0 Å². The first-order valence-electron chi connectivity index (χ1n) is 12.0. The second kappa shape index (κ2) is 10.7. The first-order valence-corrected chi connectivity index (χ1v) is 12.0. The maximum absolute atomic E-state index is 12.9.